The van der Waals surface area contributed by atoms with Gasteiger partial charge in [0.05, 0.1) is 4.47 Å². The highest BCUT2D eigenvalue weighted by Gasteiger charge is 2.15. The Morgan fingerprint density at radius 2 is 2.22 bits per heavy atom. The number of nitrogens with zero attached hydrogens (tertiary/aromatic N) is 2. The molecule has 5 heteroatoms. The van der Waals surface area contributed by atoms with Gasteiger partial charge in [0, 0.05) is 18.3 Å². The summed E-state index contributed by atoms with van der Waals surface area (Å²) in [4.78, 5) is 12.3. The maximum Gasteiger partial charge on any atom is 0.211 e. The summed E-state index contributed by atoms with van der Waals surface area (Å²) in [6, 6.07) is 5.92. The molecule has 0 saturated carbocycles. The molecule has 18 heavy (non-hydrogen) atoms. The van der Waals surface area contributed by atoms with Gasteiger partial charge in [-0.25, -0.2) is 4.39 Å². The molecule has 0 aliphatic rings. The first-order valence-electron chi connectivity index (χ1n) is 5.65. The minimum atomic E-state index is -0.381. The molecule has 2 rings (SSSR count). The van der Waals surface area contributed by atoms with Gasteiger partial charge in [0.15, 0.2) is 0 Å². The highest BCUT2D eigenvalue weighted by molar-refractivity contribution is 9.10. The van der Waals surface area contributed by atoms with E-state index in [1.165, 1.54) is 18.2 Å². The van der Waals surface area contributed by atoms with Crippen molar-refractivity contribution in [2.75, 3.05) is 0 Å². The van der Waals surface area contributed by atoms with Crippen LogP contribution in [0.5, 0.6) is 0 Å². The number of hydrogen-bond acceptors (Lipinski definition) is 2. The largest absolute Gasteiger partial charge is 0.287 e. The smallest absolute Gasteiger partial charge is 0.211 e. The van der Waals surface area contributed by atoms with E-state index in [-0.39, 0.29) is 16.1 Å². The lowest BCUT2D eigenvalue weighted by Crippen LogP contribution is -2.11. The zero-order valence-electron chi connectivity index (χ0n) is 9.86. The third-order valence-electron chi connectivity index (χ3n) is 2.57. The van der Waals surface area contributed by atoms with E-state index < -0.39 is 0 Å². The second kappa shape index (κ2) is 5.44. The molecule has 0 unspecified atom stereocenters. The minimum absolute atomic E-state index is 0.151. The van der Waals surface area contributed by atoms with Gasteiger partial charge in [-0.1, -0.05) is 6.92 Å². The van der Waals surface area contributed by atoms with Gasteiger partial charge in [0.1, 0.15) is 11.5 Å². The molecule has 0 aliphatic heterocycles. The number of aromatic nitrogens is 2. The van der Waals surface area contributed by atoms with Gasteiger partial charge in [-0.05, 0) is 46.6 Å². The average Bonchev–Trinajstić information content (AvgIpc) is 2.80. The molecule has 0 bridgehead atoms. The van der Waals surface area contributed by atoms with Crippen LogP contribution in [0, 0.1) is 5.82 Å². The molecule has 94 valence electrons. The molecule has 0 aliphatic carbocycles. The fourth-order valence-electron chi connectivity index (χ4n) is 1.70. The maximum absolute atomic E-state index is 13.1. The number of carbonyl (C=O) groups is 1. The lowest BCUT2D eigenvalue weighted by atomic mass is 10.1. The lowest BCUT2D eigenvalue weighted by Gasteiger charge is -2.05. The normalized spacial score (nSPS) is 10.6. The topological polar surface area (TPSA) is 34.9 Å². The molecule has 0 atom stereocenters. The standard InChI is InChI=1S/C13H12BrFN2O/c1-2-7-17-12(5-6-16-17)13(18)9-3-4-11(15)10(14)8-9/h3-6,8H,2,7H2,1H3. The Morgan fingerprint density at radius 1 is 1.44 bits per heavy atom. The second-order valence-electron chi connectivity index (χ2n) is 3.90. The van der Waals surface area contributed by atoms with Crippen LogP contribution >= 0.6 is 15.9 Å². The molecule has 1 aromatic carbocycles. The number of hydrogen-bond donors (Lipinski definition) is 0. The number of rotatable bonds is 4. The van der Waals surface area contributed by atoms with E-state index in [1.807, 2.05) is 6.92 Å². The van der Waals surface area contributed by atoms with E-state index in [0.717, 1.165) is 6.42 Å². The zero-order valence-corrected chi connectivity index (χ0v) is 11.4. The first kappa shape index (κ1) is 13.0. The number of carbonyl (C=O) groups excluding carboxylic acids is 1. The van der Waals surface area contributed by atoms with Crippen LogP contribution in [-0.4, -0.2) is 15.6 Å². The van der Waals surface area contributed by atoms with Crippen LogP contribution in [0.1, 0.15) is 29.4 Å². The first-order chi connectivity index (χ1) is 8.63. The van der Waals surface area contributed by atoms with Gasteiger partial charge in [0.2, 0.25) is 5.78 Å². The molecule has 3 nitrogen and oxygen atoms in total. The van der Waals surface area contributed by atoms with E-state index in [9.17, 15) is 9.18 Å². The molecule has 1 heterocycles. The minimum Gasteiger partial charge on any atom is -0.287 e. The van der Waals surface area contributed by atoms with Gasteiger partial charge in [-0.3, -0.25) is 9.48 Å². The van der Waals surface area contributed by atoms with Gasteiger partial charge in [-0.15, -0.1) is 0 Å². The van der Waals surface area contributed by atoms with Crippen molar-refractivity contribution in [3.63, 3.8) is 0 Å². The molecule has 0 fully saturated rings. The molecule has 1 aromatic heterocycles. The Kier molecular flexibility index (Phi) is 3.91. The molecule has 0 N–H and O–H groups in total. The van der Waals surface area contributed by atoms with Gasteiger partial charge < -0.3 is 0 Å². The highest BCUT2D eigenvalue weighted by atomic mass is 79.9. The fourth-order valence-corrected chi connectivity index (χ4v) is 2.08. The van der Waals surface area contributed by atoms with Crippen molar-refractivity contribution in [1.82, 2.24) is 9.78 Å². The Balaban J connectivity index is 2.35. The third kappa shape index (κ3) is 2.51. The molecule has 0 amide bonds. The highest BCUT2D eigenvalue weighted by Crippen LogP contribution is 2.19. The number of ketones is 1. The van der Waals surface area contributed by atoms with Crippen LogP contribution in [0.15, 0.2) is 34.9 Å². The Labute approximate surface area is 113 Å². The van der Waals surface area contributed by atoms with Crippen LogP contribution in [0.2, 0.25) is 0 Å². The summed E-state index contributed by atoms with van der Waals surface area (Å²) in [5.74, 6) is -0.532. The number of benzene rings is 1. The van der Waals surface area contributed by atoms with Crippen molar-refractivity contribution in [2.24, 2.45) is 0 Å². The van der Waals surface area contributed by atoms with Crippen molar-refractivity contribution in [3.8, 4) is 0 Å². The molecule has 0 spiro atoms. The molecular formula is C13H12BrFN2O. The SMILES string of the molecule is CCCn1nccc1C(=O)c1ccc(F)c(Br)c1. The van der Waals surface area contributed by atoms with Crippen molar-refractivity contribution < 1.29 is 9.18 Å². The summed E-state index contributed by atoms with van der Waals surface area (Å²) in [5, 5.41) is 4.10. The van der Waals surface area contributed by atoms with E-state index in [1.54, 1.807) is 16.9 Å². The number of halogens is 2. The Morgan fingerprint density at radius 3 is 2.89 bits per heavy atom. The quantitative estimate of drug-likeness (QED) is 0.811. The number of aryl methyl sites for hydroxylation is 1. The summed E-state index contributed by atoms with van der Waals surface area (Å²) >= 11 is 3.08. The van der Waals surface area contributed by atoms with Gasteiger partial charge in [0.25, 0.3) is 0 Å². The van der Waals surface area contributed by atoms with Crippen LogP contribution < -0.4 is 0 Å². The second-order valence-corrected chi connectivity index (χ2v) is 4.75. The van der Waals surface area contributed by atoms with Crippen LogP contribution in [0.3, 0.4) is 0 Å². The van der Waals surface area contributed by atoms with Gasteiger partial charge in [-0.2, -0.15) is 5.10 Å². The van der Waals surface area contributed by atoms with Crippen LogP contribution in [0.4, 0.5) is 4.39 Å². The summed E-state index contributed by atoms with van der Waals surface area (Å²) in [6.45, 7) is 2.71. The molecule has 2 aromatic rings. The molecular weight excluding hydrogens is 299 g/mol. The summed E-state index contributed by atoms with van der Waals surface area (Å²) in [6.07, 6.45) is 2.50. The van der Waals surface area contributed by atoms with Crippen LogP contribution in [-0.2, 0) is 6.54 Å². The summed E-state index contributed by atoms with van der Waals surface area (Å²) in [7, 11) is 0. The van der Waals surface area contributed by atoms with Crippen molar-refractivity contribution in [1.29, 1.82) is 0 Å². The average molecular weight is 311 g/mol. The van der Waals surface area contributed by atoms with Gasteiger partial charge >= 0.3 is 0 Å². The lowest BCUT2D eigenvalue weighted by molar-refractivity contribution is 0.102. The predicted octanol–water partition coefficient (Wildman–Crippen LogP) is 3.43. The van der Waals surface area contributed by atoms with E-state index in [4.69, 9.17) is 0 Å². The molecule has 0 radical (unpaired) electrons. The Bertz CT molecular complexity index is 580. The summed E-state index contributed by atoms with van der Waals surface area (Å²) in [5.41, 5.74) is 0.969. The molecule has 0 saturated heterocycles. The van der Waals surface area contributed by atoms with Crippen molar-refractivity contribution in [3.05, 3.63) is 52.0 Å². The van der Waals surface area contributed by atoms with E-state index in [0.29, 0.717) is 17.8 Å². The van der Waals surface area contributed by atoms with E-state index >= 15 is 0 Å². The third-order valence-corrected chi connectivity index (χ3v) is 3.17. The monoisotopic (exact) mass is 310 g/mol. The van der Waals surface area contributed by atoms with Crippen LogP contribution in [0.25, 0.3) is 0 Å². The summed E-state index contributed by atoms with van der Waals surface area (Å²) < 4.78 is 15.1. The Hall–Kier alpha value is -1.49. The fraction of sp³-hybridized carbons (Fsp3) is 0.231. The van der Waals surface area contributed by atoms with Crippen molar-refractivity contribution >= 4 is 21.7 Å². The van der Waals surface area contributed by atoms with E-state index in [2.05, 4.69) is 21.0 Å². The van der Waals surface area contributed by atoms with Crippen molar-refractivity contribution in [2.45, 2.75) is 19.9 Å². The zero-order chi connectivity index (χ0) is 13.1. The first-order valence-corrected chi connectivity index (χ1v) is 6.44. The maximum atomic E-state index is 13.1. The predicted molar refractivity (Wildman–Crippen MR) is 70.1 cm³/mol.